The third-order valence-electron chi connectivity index (χ3n) is 2.56. The van der Waals surface area contributed by atoms with Crippen LogP contribution >= 0.6 is 0 Å². The molecule has 2 aromatic heterocycles. The number of hydrogen-bond acceptors (Lipinski definition) is 3. The number of hydrogen-bond donors (Lipinski definition) is 2. The molecule has 0 fully saturated rings. The van der Waals surface area contributed by atoms with Crippen LogP contribution in [0.5, 0.6) is 0 Å². The van der Waals surface area contributed by atoms with Gasteiger partial charge in [-0.25, -0.2) is 4.39 Å². The van der Waals surface area contributed by atoms with Crippen LogP contribution in [0, 0.1) is 5.82 Å². The number of fused-ring (bicyclic) bond motifs is 1. The average molecular weight is 217 g/mol. The number of aromatic nitrogens is 2. The van der Waals surface area contributed by atoms with Crippen LogP contribution in [0.15, 0.2) is 35.1 Å². The number of halogens is 1. The van der Waals surface area contributed by atoms with Gasteiger partial charge in [0.25, 0.3) is 0 Å². The van der Waals surface area contributed by atoms with Crippen LogP contribution < -0.4 is 5.73 Å². The zero-order chi connectivity index (χ0) is 11.1. The molecule has 3 N–H and O–H groups in total. The molecule has 0 bridgehead atoms. The molecular weight excluding hydrogens is 209 g/mol. The predicted molar refractivity (Wildman–Crippen MR) is 58.2 cm³/mol. The Morgan fingerprint density at radius 1 is 1.25 bits per heavy atom. The van der Waals surface area contributed by atoms with Gasteiger partial charge in [-0.3, -0.25) is 0 Å². The lowest BCUT2D eigenvalue weighted by atomic mass is 10.1. The lowest BCUT2D eigenvalue weighted by Crippen LogP contribution is -1.88. The molecule has 0 atom stereocenters. The number of anilines is 1. The molecule has 0 unspecified atom stereocenters. The summed E-state index contributed by atoms with van der Waals surface area (Å²) in [5.41, 5.74) is 7.17. The molecule has 2 heterocycles. The molecule has 0 spiro atoms. The number of nitrogens with one attached hydrogen (secondary N) is 1. The second kappa shape index (κ2) is 3.10. The lowest BCUT2D eigenvalue weighted by molar-refractivity contribution is 0.436. The van der Waals surface area contributed by atoms with Crippen LogP contribution in [0.1, 0.15) is 0 Å². The first-order valence-electron chi connectivity index (χ1n) is 4.73. The molecule has 5 heteroatoms. The van der Waals surface area contributed by atoms with Crippen LogP contribution in [-0.2, 0) is 0 Å². The fraction of sp³-hybridized carbons (Fsp3) is 0. The van der Waals surface area contributed by atoms with Crippen molar-refractivity contribution in [1.82, 2.24) is 10.1 Å². The third-order valence-corrected chi connectivity index (χ3v) is 2.56. The minimum absolute atomic E-state index is 0.119. The average Bonchev–Trinajstić information content (AvgIpc) is 2.88. The summed E-state index contributed by atoms with van der Waals surface area (Å²) in [4.78, 5) is 2.94. The molecule has 3 rings (SSSR count). The summed E-state index contributed by atoms with van der Waals surface area (Å²) in [6.45, 7) is 0. The van der Waals surface area contributed by atoms with Gasteiger partial charge < -0.3 is 15.2 Å². The van der Waals surface area contributed by atoms with E-state index in [0.717, 1.165) is 5.52 Å². The Morgan fingerprint density at radius 3 is 2.88 bits per heavy atom. The van der Waals surface area contributed by atoms with Gasteiger partial charge in [-0.1, -0.05) is 5.16 Å². The van der Waals surface area contributed by atoms with Gasteiger partial charge in [0.05, 0.1) is 11.8 Å². The van der Waals surface area contributed by atoms with Gasteiger partial charge in [0.1, 0.15) is 5.82 Å². The number of nitrogens with two attached hydrogens (primary N) is 1. The highest BCUT2D eigenvalue weighted by atomic mass is 19.1. The van der Waals surface area contributed by atoms with E-state index in [-0.39, 0.29) is 11.7 Å². The van der Waals surface area contributed by atoms with Crippen molar-refractivity contribution in [3.05, 3.63) is 36.4 Å². The molecule has 0 saturated carbocycles. The number of H-pyrrole nitrogens is 1. The molecule has 80 valence electrons. The van der Waals surface area contributed by atoms with Crippen LogP contribution in [0.25, 0.3) is 22.0 Å². The quantitative estimate of drug-likeness (QED) is 0.658. The SMILES string of the molecule is Nc1oncc1-c1ccc2[nH]ccc2c1F. The van der Waals surface area contributed by atoms with Crippen molar-refractivity contribution in [2.75, 3.05) is 5.73 Å². The fourth-order valence-corrected chi connectivity index (χ4v) is 1.76. The van der Waals surface area contributed by atoms with Gasteiger partial charge in [-0.15, -0.1) is 0 Å². The van der Waals surface area contributed by atoms with Crippen molar-refractivity contribution in [2.45, 2.75) is 0 Å². The monoisotopic (exact) mass is 217 g/mol. The van der Waals surface area contributed by atoms with Crippen LogP contribution in [0.3, 0.4) is 0 Å². The minimum Gasteiger partial charge on any atom is -0.367 e. The van der Waals surface area contributed by atoms with E-state index in [0.29, 0.717) is 16.5 Å². The van der Waals surface area contributed by atoms with Gasteiger partial charge >= 0.3 is 0 Å². The Morgan fingerprint density at radius 2 is 2.12 bits per heavy atom. The number of nitrogen functional groups attached to an aromatic ring is 1. The second-order valence-corrected chi connectivity index (χ2v) is 3.47. The maximum absolute atomic E-state index is 14.1. The van der Waals surface area contributed by atoms with Crippen molar-refractivity contribution in [1.29, 1.82) is 0 Å². The molecule has 16 heavy (non-hydrogen) atoms. The lowest BCUT2D eigenvalue weighted by Gasteiger charge is -2.01. The summed E-state index contributed by atoms with van der Waals surface area (Å²) < 4.78 is 18.8. The van der Waals surface area contributed by atoms with E-state index in [1.54, 1.807) is 24.4 Å². The van der Waals surface area contributed by atoms with Crippen molar-refractivity contribution in [3.8, 4) is 11.1 Å². The van der Waals surface area contributed by atoms with Crippen LogP contribution in [0.4, 0.5) is 10.3 Å². The van der Waals surface area contributed by atoms with Crippen molar-refractivity contribution in [3.63, 3.8) is 0 Å². The maximum Gasteiger partial charge on any atom is 0.230 e. The van der Waals surface area contributed by atoms with Crippen molar-refractivity contribution in [2.24, 2.45) is 0 Å². The summed E-state index contributed by atoms with van der Waals surface area (Å²) in [6.07, 6.45) is 3.10. The molecule has 3 aromatic rings. The van der Waals surface area contributed by atoms with Crippen LogP contribution in [0.2, 0.25) is 0 Å². The number of nitrogens with zero attached hydrogens (tertiary/aromatic N) is 1. The van der Waals surface area contributed by atoms with Gasteiger partial charge in [-0.05, 0) is 18.2 Å². The van der Waals surface area contributed by atoms with E-state index in [1.165, 1.54) is 6.20 Å². The Hall–Kier alpha value is -2.30. The molecular formula is C11H8FN3O. The second-order valence-electron chi connectivity index (χ2n) is 3.47. The van der Waals surface area contributed by atoms with E-state index < -0.39 is 0 Å². The highest BCUT2D eigenvalue weighted by Gasteiger charge is 2.14. The molecule has 0 aliphatic carbocycles. The summed E-state index contributed by atoms with van der Waals surface area (Å²) in [7, 11) is 0. The topological polar surface area (TPSA) is 67.8 Å². The van der Waals surface area contributed by atoms with E-state index in [9.17, 15) is 4.39 Å². The zero-order valence-corrected chi connectivity index (χ0v) is 8.20. The fourth-order valence-electron chi connectivity index (χ4n) is 1.76. The molecule has 0 aliphatic rings. The van der Waals surface area contributed by atoms with Gasteiger partial charge in [0.15, 0.2) is 0 Å². The molecule has 0 radical (unpaired) electrons. The largest absolute Gasteiger partial charge is 0.367 e. The molecule has 0 saturated heterocycles. The standard InChI is InChI=1S/C11H8FN3O/c12-10-6(8-5-15-16-11(8)13)1-2-9-7(10)3-4-14-9/h1-5,14H,13H2. The summed E-state index contributed by atoms with van der Waals surface area (Å²) in [5.74, 6) is -0.206. The molecule has 0 amide bonds. The smallest absolute Gasteiger partial charge is 0.230 e. The summed E-state index contributed by atoms with van der Waals surface area (Å²) in [6, 6.07) is 5.12. The molecule has 4 nitrogen and oxygen atoms in total. The first-order chi connectivity index (χ1) is 7.77. The number of aromatic amines is 1. The van der Waals surface area contributed by atoms with Gasteiger partial charge in [0, 0.05) is 22.7 Å². The first kappa shape index (κ1) is 8.96. The van der Waals surface area contributed by atoms with Crippen molar-refractivity contribution < 1.29 is 8.91 Å². The Bertz CT molecular complexity index is 656. The maximum atomic E-state index is 14.1. The van der Waals surface area contributed by atoms with Crippen molar-refractivity contribution >= 4 is 16.8 Å². The highest BCUT2D eigenvalue weighted by molar-refractivity contribution is 5.87. The van der Waals surface area contributed by atoms with E-state index in [1.807, 2.05) is 0 Å². The Kier molecular flexibility index (Phi) is 1.73. The number of rotatable bonds is 1. The highest BCUT2D eigenvalue weighted by Crippen LogP contribution is 2.31. The van der Waals surface area contributed by atoms with Gasteiger partial charge in [-0.2, -0.15) is 0 Å². The Balaban J connectivity index is 2.32. The van der Waals surface area contributed by atoms with E-state index in [2.05, 4.69) is 10.1 Å². The molecule has 0 aliphatic heterocycles. The van der Waals surface area contributed by atoms with Gasteiger partial charge in [0.2, 0.25) is 5.88 Å². The van der Waals surface area contributed by atoms with Crippen LogP contribution in [-0.4, -0.2) is 10.1 Å². The number of benzene rings is 1. The minimum atomic E-state index is -0.325. The zero-order valence-electron chi connectivity index (χ0n) is 8.20. The predicted octanol–water partition coefficient (Wildman–Crippen LogP) is 2.54. The normalized spacial score (nSPS) is 11.1. The molecule has 1 aromatic carbocycles. The third kappa shape index (κ3) is 1.11. The van der Waals surface area contributed by atoms with E-state index >= 15 is 0 Å². The Labute approximate surface area is 89.9 Å². The summed E-state index contributed by atoms with van der Waals surface area (Å²) in [5, 5.41) is 4.06. The summed E-state index contributed by atoms with van der Waals surface area (Å²) >= 11 is 0. The van der Waals surface area contributed by atoms with E-state index in [4.69, 9.17) is 10.3 Å². The first-order valence-corrected chi connectivity index (χ1v) is 4.73.